The van der Waals surface area contributed by atoms with E-state index < -0.39 is 28.6 Å². The van der Waals surface area contributed by atoms with Gasteiger partial charge in [0.1, 0.15) is 16.8 Å². The molecule has 2 heterocycles. The van der Waals surface area contributed by atoms with Crippen LogP contribution >= 0.6 is 0 Å². The summed E-state index contributed by atoms with van der Waals surface area (Å²) in [5.41, 5.74) is 1.66. The van der Waals surface area contributed by atoms with Crippen molar-refractivity contribution in [3.05, 3.63) is 48.0 Å². The maximum Gasteiger partial charge on any atom is 0.197 e. The van der Waals surface area contributed by atoms with Crippen molar-refractivity contribution >= 4 is 22.2 Å². The fourth-order valence-corrected chi connectivity index (χ4v) is 2.75. The third-order valence-corrected chi connectivity index (χ3v) is 4.52. The van der Waals surface area contributed by atoms with Gasteiger partial charge < -0.3 is 4.55 Å². The van der Waals surface area contributed by atoms with Crippen LogP contribution in [-0.4, -0.2) is 25.1 Å². The highest BCUT2D eigenvalue weighted by Crippen LogP contribution is 2.25. The van der Waals surface area contributed by atoms with Crippen LogP contribution in [0.2, 0.25) is 0 Å². The summed E-state index contributed by atoms with van der Waals surface area (Å²) >= 11 is -1.02. The van der Waals surface area contributed by atoms with Crippen molar-refractivity contribution < 1.29 is 17.7 Å². The van der Waals surface area contributed by atoms with Crippen LogP contribution in [0.25, 0.3) is 22.2 Å². The second-order valence-electron chi connectivity index (χ2n) is 4.91. The largest absolute Gasteiger partial charge is 0.615 e. The Morgan fingerprint density at radius 3 is 2.43 bits per heavy atom. The zero-order valence-corrected chi connectivity index (χ0v) is 12.9. The lowest BCUT2D eigenvalue weighted by atomic mass is 10.1. The van der Waals surface area contributed by atoms with Crippen molar-refractivity contribution in [1.29, 1.82) is 0 Å². The Hall–Kier alpha value is -2.06. The lowest BCUT2D eigenvalue weighted by molar-refractivity contribution is 0.447. The Morgan fingerprint density at radius 1 is 1.09 bits per heavy atom. The molecule has 0 amide bonds. The molecule has 0 spiro atoms. The average molecular weight is 339 g/mol. The molecule has 1 unspecified atom stereocenters. The zero-order valence-electron chi connectivity index (χ0n) is 12.1. The van der Waals surface area contributed by atoms with Gasteiger partial charge >= 0.3 is 0 Å². The Kier molecular flexibility index (Phi) is 4.27. The topological polar surface area (TPSA) is 53.8 Å². The van der Waals surface area contributed by atoms with E-state index >= 15 is 0 Å². The molecule has 0 saturated carbocycles. The van der Waals surface area contributed by atoms with Crippen molar-refractivity contribution in [1.82, 2.24) is 14.8 Å². The highest BCUT2D eigenvalue weighted by atomic mass is 32.2. The van der Waals surface area contributed by atoms with Gasteiger partial charge in [-0.3, -0.25) is 4.98 Å². The number of aromatic nitrogens is 3. The molecule has 23 heavy (non-hydrogen) atoms. The maximum atomic E-state index is 13.3. The molecule has 120 valence electrons. The van der Waals surface area contributed by atoms with Crippen molar-refractivity contribution in [2.24, 2.45) is 0 Å². The van der Waals surface area contributed by atoms with Gasteiger partial charge in [0.05, 0.1) is 6.20 Å². The number of benzene rings is 1. The number of nitrogens with zero attached hydrogens (tertiary/aromatic N) is 3. The molecule has 8 heteroatoms. The number of rotatable bonds is 4. The smallest absolute Gasteiger partial charge is 0.197 e. The summed E-state index contributed by atoms with van der Waals surface area (Å²) < 4.78 is 52.8. The van der Waals surface area contributed by atoms with Gasteiger partial charge in [0.15, 0.2) is 23.3 Å². The first-order valence-corrected chi connectivity index (χ1v) is 8.30. The van der Waals surface area contributed by atoms with Gasteiger partial charge in [-0.15, -0.1) is 0 Å². The van der Waals surface area contributed by atoms with Gasteiger partial charge in [0, 0.05) is 11.8 Å². The first-order chi connectivity index (χ1) is 11.0. The maximum absolute atomic E-state index is 13.3. The first kappa shape index (κ1) is 15.8. The number of halogens is 3. The second-order valence-corrected chi connectivity index (χ2v) is 6.62. The molecule has 1 aromatic carbocycles. The predicted molar refractivity (Wildman–Crippen MR) is 81.5 cm³/mol. The van der Waals surface area contributed by atoms with Gasteiger partial charge in [-0.25, -0.2) is 17.9 Å². The van der Waals surface area contributed by atoms with Gasteiger partial charge in [-0.1, -0.05) is 0 Å². The Bertz CT molecular complexity index is 845. The summed E-state index contributed by atoms with van der Waals surface area (Å²) in [6, 6.07) is 3.41. The fraction of sp³-hybridized carbons (Fsp3) is 0.200. The molecule has 0 fully saturated rings. The SMILES string of the molecule is CC[S+]([O-])Cn1cc2ncc(-c3cc(F)c(F)c(F)c3)cc2n1. The normalized spacial score (nSPS) is 12.7. The summed E-state index contributed by atoms with van der Waals surface area (Å²) in [7, 11) is 0. The minimum Gasteiger partial charge on any atom is -0.615 e. The van der Waals surface area contributed by atoms with E-state index in [1.54, 1.807) is 12.3 Å². The summed E-state index contributed by atoms with van der Waals surface area (Å²) in [6.07, 6.45) is 3.08. The summed E-state index contributed by atoms with van der Waals surface area (Å²) in [6.45, 7) is 1.81. The summed E-state index contributed by atoms with van der Waals surface area (Å²) in [5.74, 6) is -3.26. The first-order valence-electron chi connectivity index (χ1n) is 6.81. The Morgan fingerprint density at radius 2 is 1.78 bits per heavy atom. The fourth-order valence-electron chi connectivity index (χ4n) is 2.14. The average Bonchev–Trinajstić information content (AvgIpc) is 2.93. The van der Waals surface area contributed by atoms with Crippen LogP contribution in [0.1, 0.15) is 6.92 Å². The Labute approximate surface area is 133 Å². The molecule has 0 aliphatic carbocycles. The van der Waals surface area contributed by atoms with Crippen molar-refractivity contribution in [3.63, 3.8) is 0 Å². The van der Waals surface area contributed by atoms with Gasteiger partial charge in [0.2, 0.25) is 0 Å². The van der Waals surface area contributed by atoms with E-state index in [1.165, 1.54) is 10.9 Å². The minimum absolute atomic E-state index is 0.169. The van der Waals surface area contributed by atoms with E-state index in [4.69, 9.17) is 0 Å². The predicted octanol–water partition coefficient (Wildman–Crippen LogP) is 3.24. The van der Waals surface area contributed by atoms with Crippen molar-refractivity contribution in [2.45, 2.75) is 12.8 Å². The molecular weight excluding hydrogens is 327 g/mol. The van der Waals surface area contributed by atoms with E-state index in [0.29, 0.717) is 22.3 Å². The lowest BCUT2D eigenvalue weighted by Crippen LogP contribution is -2.12. The molecule has 0 aliphatic rings. The quantitative estimate of drug-likeness (QED) is 0.542. The molecule has 2 aromatic heterocycles. The molecule has 4 nitrogen and oxygen atoms in total. The van der Waals surface area contributed by atoms with Crippen LogP contribution in [0.15, 0.2) is 30.6 Å². The summed E-state index contributed by atoms with van der Waals surface area (Å²) in [5, 5.41) is 4.25. The highest BCUT2D eigenvalue weighted by molar-refractivity contribution is 7.90. The summed E-state index contributed by atoms with van der Waals surface area (Å²) in [4.78, 5) is 4.17. The molecule has 3 rings (SSSR count). The van der Waals surface area contributed by atoms with E-state index in [2.05, 4.69) is 10.1 Å². The molecule has 0 radical (unpaired) electrons. The number of hydrogen-bond donors (Lipinski definition) is 0. The molecule has 0 N–H and O–H groups in total. The van der Waals surface area contributed by atoms with Crippen LogP contribution in [0.5, 0.6) is 0 Å². The van der Waals surface area contributed by atoms with Crippen LogP contribution in [0.3, 0.4) is 0 Å². The van der Waals surface area contributed by atoms with Crippen LogP contribution in [-0.2, 0) is 17.1 Å². The number of pyridine rings is 1. The number of fused-ring (bicyclic) bond motifs is 1. The standard InChI is InChI=1S/C15H12F3N3OS/c1-2-23(22)8-21-7-14-13(20-21)5-10(6-19-14)9-3-11(16)15(18)12(17)4-9/h3-7H,2,8H2,1H3. The van der Waals surface area contributed by atoms with Crippen LogP contribution < -0.4 is 0 Å². The molecule has 0 aliphatic heterocycles. The molecule has 1 atom stereocenters. The van der Waals surface area contributed by atoms with Gasteiger partial charge in [-0.05, 0) is 41.9 Å². The number of hydrogen-bond acceptors (Lipinski definition) is 3. The highest BCUT2D eigenvalue weighted by Gasteiger charge is 2.13. The minimum atomic E-state index is -1.51. The third kappa shape index (κ3) is 3.18. The third-order valence-electron chi connectivity index (χ3n) is 3.32. The van der Waals surface area contributed by atoms with E-state index in [-0.39, 0.29) is 11.4 Å². The molecule has 0 bridgehead atoms. The van der Waals surface area contributed by atoms with Crippen LogP contribution in [0.4, 0.5) is 13.2 Å². The molecule has 0 saturated heterocycles. The van der Waals surface area contributed by atoms with E-state index in [9.17, 15) is 17.7 Å². The molecule has 3 aromatic rings. The van der Waals surface area contributed by atoms with Gasteiger partial charge in [0.25, 0.3) is 0 Å². The zero-order chi connectivity index (χ0) is 16.6. The van der Waals surface area contributed by atoms with Crippen molar-refractivity contribution in [2.75, 3.05) is 5.75 Å². The van der Waals surface area contributed by atoms with Gasteiger partial charge in [-0.2, -0.15) is 5.10 Å². The monoisotopic (exact) mass is 339 g/mol. The van der Waals surface area contributed by atoms with E-state index in [1.807, 2.05) is 6.92 Å². The van der Waals surface area contributed by atoms with E-state index in [0.717, 1.165) is 12.1 Å². The Balaban J connectivity index is 2.00. The van der Waals surface area contributed by atoms with Crippen LogP contribution in [0, 0.1) is 17.5 Å². The van der Waals surface area contributed by atoms with Crippen molar-refractivity contribution in [3.8, 4) is 11.1 Å². The molecular formula is C15H12F3N3OS. The lowest BCUT2D eigenvalue weighted by Gasteiger charge is -2.06. The second kappa shape index (κ2) is 6.21.